The number of aromatic nitrogens is 2. The predicted molar refractivity (Wildman–Crippen MR) is 125 cm³/mol. The van der Waals surface area contributed by atoms with Gasteiger partial charge < -0.3 is 9.80 Å². The number of pyridine rings is 1. The first kappa shape index (κ1) is 22.8. The van der Waals surface area contributed by atoms with Crippen molar-refractivity contribution in [3.8, 4) is 10.6 Å². The molecule has 1 amide bonds. The van der Waals surface area contributed by atoms with Crippen LogP contribution in [0.4, 0.5) is 19.0 Å². The molecule has 0 N–H and O–H groups in total. The molecule has 0 atom stereocenters. The second-order valence-corrected chi connectivity index (χ2v) is 9.57. The van der Waals surface area contributed by atoms with Crippen molar-refractivity contribution in [3.05, 3.63) is 64.8 Å². The molecule has 2 aliphatic rings. The molecular formula is C24H24F3N5OS. The number of anilines is 1. The van der Waals surface area contributed by atoms with Crippen molar-refractivity contribution in [1.82, 2.24) is 19.8 Å². The number of thiazole rings is 1. The molecule has 34 heavy (non-hydrogen) atoms. The molecule has 4 heterocycles. The van der Waals surface area contributed by atoms with E-state index in [-0.39, 0.29) is 5.91 Å². The van der Waals surface area contributed by atoms with Crippen LogP contribution in [-0.2, 0) is 23.9 Å². The van der Waals surface area contributed by atoms with Crippen LogP contribution in [0.5, 0.6) is 0 Å². The number of alkyl halides is 3. The van der Waals surface area contributed by atoms with Gasteiger partial charge >= 0.3 is 6.18 Å². The summed E-state index contributed by atoms with van der Waals surface area (Å²) in [6, 6.07) is 12.6. The van der Waals surface area contributed by atoms with Gasteiger partial charge in [0, 0.05) is 55.8 Å². The largest absolute Gasteiger partial charge is 0.417 e. The summed E-state index contributed by atoms with van der Waals surface area (Å²) in [7, 11) is 0. The zero-order valence-corrected chi connectivity index (χ0v) is 19.3. The van der Waals surface area contributed by atoms with Gasteiger partial charge in [0.1, 0.15) is 10.8 Å². The Morgan fingerprint density at radius 3 is 2.44 bits per heavy atom. The maximum atomic E-state index is 13.0. The number of nitrogens with zero attached hydrogens (tertiary/aromatic N) is 5. The monoisotopic (exact) mass is 487 g/mol. The molecule has 0 unspecified atom stereocenters. The minimum absolute atomic E-state index is 0.0985. The lowest BCUT2D eigenvalue weighted by molar-refractivity contribution is -0.137. The summed E-state index contributed by atoms with van der Waals surface area (Å²) in [4.78, 5) is 28.8. The molecule has 178 valence electrons. The van der Waals surface area contributed by atoms with Crippen molar-refractivity contribution >= 4 is 23.1 Å². The average molecular weight is 488 g/mol. The van der Waals surface area contributed by atoms with Crippen LogP contribution in [0.2, 0.25) is 0 Å². The van der Waals surface area contributed by atoms with E-state index >= 15 is 0 Å². The molecule has 3 aromatic rings. The quantitative estimate of drug-likeness (QED) is 0.558. The summed E-state index contributed by atoms with van der Waals surface area (Å²) in [5.41, 5.74) is 1.44. The fraction of sp³-hybridized carbons (Fsp3) is 0.375. The van der Waals surface area contributed by atoms with E-state index < -0.39 is 11.7 Å². The standard InChI is InChI=1S/C24H24F3N5OS/c25-24(26,27)18-6-7-21(28-14-18)31-12-10-30(11-13-31)16-22(33)32-9-8-19-20(15-32)34-23(29-19)17-4-2-1-3-5-17/h1-7,14H,8-13,15-16H2. The number of carbonyl (C=O) groups is 1. The Morgan fingerprint density at radius 1 is 1.00 bits per heavy atom. The van der Waals surface area contributed by atoms with Crippen molar-refractivity contribution in [2.45, 2.75) is 19.1 Å². The fourth-order valence-corrected chi connectivity index (χ4v) is 5.41. The Hall–Kier alpha value is -2.98. The van der Waals surface area contributed by atoms with E-state index in [2.05, 4.69) is 9.88 Å². The number of hydrogen-bond donors (Lipinski definition) is 0. The van der Waals surface area contributed by atoms with Crippen LogP contribution in [0.1, 0.15) is 16.1 Å². The lowest BCUT2D eigenvalue weighted by Crippen LogP contribution is -2.50. The van der Waals surface area contributed by atoms with Gasteiger partial charge in [0.05, 0.1) is 24.3 Å². The van der Waals surface area contributed by atoms with Crippen LogP contribution in [0, 0.1) is 0 Å². The lowest BCUT2D eigenvalue weighted by atomic mass is 10.1. The molecule has 6 nitrogen and oxygen atoms in total. The van der Waals surface area contributed by atoms with E-state index in [1.807, 2.05) is 40.1 Å². The number of hydrogen-bond acceptors (Lipinski definition) is 6. The highest BCUT2D eigenvalue weighted by Crippen LogP contribution is 2.32. The topological polar surface area (TPSA) is 52.6 Å². The highest BCUT2D eigenvalue weighted by molar-refractivity contribution is 7.15. The third kappa shape index (κ3) is 4.92. The van der Waals surface area contributed by atoms with Crippen molar-refractivity contribution in [2.75, 3.05) is 44.2 Å². The number of fused-ring (bicyclic) bond motifs is 1. The van der Waals surface area contributed by atoms with Gasteiger partial charge in [-0.15, -0.1) is 11.3 Å². The van der Waals surface area contributed by atoms with Crippen molar-refractivity contribution in [3.63, 3.8) is 0 Å². The summed E-state index contributed by atoms with van der Waals surface area (Å²) < 4.78 is 38.3. The van der Waals surface area contributed by atoms with E-state index in [4.69, 9.17) is 4.98 Å². The van der Waals surface area contributed by atoms with Gasteiger partial charge in [-0.2, -0.15) is 13.2 Å². The molecule has 0 radical (unpaired) electrons. The molecule has 2 aromatic heterocycles. The normalized spacial score (nSPS) is 17.0. The van der Waals surface area contributed by atoms with Crippen molar-refractivity contribution in [2.24, 2.45) is 0 Å². The summed E-state index contributed by atoms with van der Waals surface area (Å²) in [5, 5.41) is 0.993. The third-order valence-corrected chi connectivity index (χ3v) is 7.37. The molecule has 2 aliphatic heterocycles. The Bertz CT molecular complexity index is 1140. The number of carbonyl (C=O) groups excluding carboxylic acids is 1. The second kappa shape index (κ2) is 9.34. The number of halogens is 3. The van der Waals surface area contributed by atoms with Gasteiger partial charge in [-0.3, -0.25) is 9.69 Å². The van der Waals surface area contributed by atoms with Crippen LogP contribution < -0.4 is 4.90 Å². The Morgan fingerprint density at radius 2 is 1.76 bits per heavy atom. The third-order valence-electron chi connectivity index (χ3n) is 6.24. The number of benzene rings is 1. The summed E-state index contributed by atoms with van der Waals surface area (Å²) in [6.45, 7) is 4.15. The molecule has 1 fully saturated rings. The second-order valence-electron chi connectivity index (χ2n) is 8.49. The van der Waals surface area contributed by atoms with E-state index in [0.29, 0.717) is 51.6 Å². The number of rotatable bonds is 4. The highest BCUT2D eigenvalue weighted by atomic mass is 32.1. The molecular weight excluding hydrogens is 463 g/mol. The van der Waals surface area contributed by atoms with Gasteiger partial charge in [0.15, 0.2) is 0 Å². The van der Waals surface area contributed by atoms with E-state index in [0.717, 1.165) is 39.8 Å². The molecule has 0 aliphatic carbocycles. The Balaban J connectivity index is 1.14. The molecule has 0 saturated carbocycles. The predicted octanol–water partition coefficient (Wildman–Crippen LogP) is 3.93. The minimum Gasteiger partial charge on any atom is -0.354 e. The molecule has 1 saturated heterocycles. The Kier molecular flexibility index (Phi) is 6.26. The zero-order valence-electron chi connectivity index (χ0n) is 18.5. The van der Waals surface area contributed by atoms with E-state index in [9.17, 15) is 18.0 Å². The fourth-order valence-electron chi connectivity index (χ4n) is 4.28. The van der Waals surface area contributed by atoms with Gasteiger partial charge in [-0.1, -0.05) is 30.3 Å². The maximum Gasteiger partial charge on any atom is 0.417 e. The summed E-state index contributed by atoms with van der Waals surface area (Å²) in [6.07, 6.45) is -2.75. The minimum atomic E-state index is -4.39. The van der Waals surface area contributed by atoms with Gasteiger partial charge in [0.25, 0.3) is 0 Å². The average Bonchev–Trinajstić information content (AvgIpc) is 3.28. The summed E-state index contributed by atoms with van der Waals surface area (Å²) >= 11 is 1.65. The SMILES string of the molecule is O=C(CN1CCN(c2ccc(C(F)(F)F)cn2)CC1)N1CCc2nc(-c3ccccc3)sc2C1. The number of amides is 1. The molecule has 0 spiro atoms. The van der Waals surface area contributed by atoms with E-state index in [1.54, 1.807) is 11.3 Å². The lowest BCUT2D eigenvalue weighted by Gasteiger charge is -2.36. The first-order valence-electron chi connectivity index (χ1n) is 11.2. The molecule has 10 heteroatoms. The van der Waals surface area contributed by atoms with Crippen LogP contribution in [0.3, 0.4) is 0 Å². The first-order valence-corrected chi connectivity index (χ1v) is 12.0. The van der Waals surface area contributed by atoms with Gasteiger partial charge in [-0.25, -0.2) is 9.97 Å². The smallest absolute Gasteiger partial charge is 0.354 e. The van der Waals surface area contributed by atoms with Crippen LogP contribution >= 0.6 is 11.3 Å². The van der Waals surface area contributed by atoms with Crippen LogP contribution in [0.15, 0.2) is 48.7 Å². The van der Waals surface area contributed by atoms with Crippen LogP contribution in [0.25, 0.3) is 10.6 Å². The maximum absolute atomic E-state index is 13.0. The summed E-state index contributed by atoms with van der Waals surface area (Å²) in [5.74, 6) is 0.628. The van der Waals surface area contributed by atoms with E-state index in [1.165, 1.54) is 6.07 Å². The van der Waals surface area contributed by atoms with Crippen molar-refractivity contribution in [1.29, 1.82) is 0 Å². The van der Waals surface area contributed by atoms with Gasteiger partial charge in [-0.05, 0) is 12.1 Å². The highest BCUT2D eigenvalue weighted by Gasteiger charge is 2.31. The van der Waals surface area contributed by atoms with Crippen molar-refractivity contribution < 1.29 is 18.0 Å². The number of piperazine rings is 1. The van der Waals surface area contributed by atoms with Gasteiger partial charge in [0.2, 0.25) is 5.91 Å². The molecule has 0 bridgehead atoms. The zero-order chi connectivity index (χ0) is 23.7. The Labute approximate surface area is 199 Å². The first-order chi connectivity index (χ1) is 16.4. The molecule has 5 rings (SSSR count). The van der Waals surface area contributed by atoms with Crippen LogP contribution in [-0.4, -0.2) is 64.9 Å². The molecule has 1 aromatic carbocycles.